The van der Waals surface area contributed by atoms with Gasteiger partial charge in [0.05, 0.1) is 41.2 Å². The topological polar surface area (TPSA) is 89.0 Å². The molecule has 35 heavy (non-hydrogen) atoms. The molecule has 2 heterocycles. The van der Waals surface area contributed by atoms with Gasteiger partial charge in [0.2, 0.25) is 5.91 Å². The average Bonchev–Trinajstić information content (AvgIpc) is 3.31. The SMILES string of the molecule is COc1ccc(S(=O)(=O)CCC(=O)N(CCCN2CCOCC2)c2nc3c(C)cccc3s2)cc1. The summed E-state index contributed by atoms with van der Waals surface area (Å²) in [4.78, 5) is 22.3. The highest BCUT2D eigenvalue weighted by atomic mass is 32.2. The largest absolute Gasteiger partial charge is 0.497 e. The van der Waals surface area contributed by atoms with Crippen molar-refractivity contribution in [2.45, 2.75) is 24.7 Å². The molecule has 4 rings (SSSR count). The number of nitrogens with zero attached hydrogens (tertiary/aromatic N) is 3. The summed E-state index contributed by atoms with van der Waals surface area (Å²) >= 11 is 1.46. The van der Waals surface area contributed by atoms with E-state index >= 15 is 0 Å². The van der Waals surface area contributed by atoms with Gasteiger partial charge in [-0.2, -0.15) is 0 Å². The number of carbonyl (C=O) groups excluding carboxylic acids is 1. The minimum atomic E-state index is -3.61. The number of aromatic nitrogens is 1. The molecule has 0 bridgehead atoms. The number of ether oxygens (including phenoxy) is 2. The van der Waals surface area contributed by atoms with E-state index in [1.165, 1.54) is 30.6 Å². The third kappa shape index (κ3) is 6.38. The second kappa shape index (κ2) is 11.5. The number of carbonyl (C=O) groups is 1. The normalized spacial score (nSPS) is 14.8. The summed E-state index contributed by atoms with van der Waals surface area (Å²) in [6.45, 7) is 6.55. The Labute approximate surface area is 210 Å². The van der Waals surface area contributed by atoms with Crippen LogP contribution in [0.1, 0.15) is 18.4 Å². The van der Waals surface area contributed by atoms with Gasteiger partial charge in [-0.15, -0.1) is 0 Å². The third-order valence-electron chi connectivity index (χ3n) is 6.10. The molecule has 0 N–H and O–H groups in total. The number of rotatable bonds is 10. The van der Waals surface area contributed by atoms with E-state index in [0.29, 0.717) is 17.4 Å². The van der Waals surface area contributed by atoms with E-state index in [4.69, 9.17) is 14.5 Å². The fraction of sp³-hybridized carbons (Fsp3) is 0.440. The summed E-state index contributed by atoms with van der Waals surface area (Å²) in [7, 11) is -2.08. The molecule has 1 fully saturated rings. The first kappa shape index (κ1) is 25.6. The van der Waals surface area contributed by atoms with E-state index in [1.54, 1.807) is 17.0 Å². The predicted octanol–water partition coefficient (Wildman–Crippen LogP) is 3.53. The molecule has 0 spiro atoms. The Morgan fingerprint density at radius 2 is 1.91 bits per heavy atom. The lowest BCUT2D eigenvalue weighted by Crippen LogP contribution is -2.39. The molecule has 10 heteroatoms. The number of methoxy groups -OCH3 is 1. The highest BCUT2D eigenvalue weighted by Gasteiger charge is 2.24. The molecular formula is C25H31N3O5S2. The van der Waals surface area contributed by atoms with Crippen molar-refractivity contribution < 1.29 is 22.7 Å². The number of morpholine rings is 1. The van der Waals surface area contributed by atoms with Crippen LogP contribution in [-0.2, 0) is 19.4 Å². The number of para-hydroxylation sites is 1. The molecule has 0 aliphatic carbocycles. The quantitative estimate of drug-likeness (QED) is 0.406. The van der Waals surface area contributed by atoms with Crippen LogP contribution in [0.5, 0.6) is 5.75 Å². The van der Waals surface area contributed by atoms with Crippen LogP contribution in [0.15, 0.2) is 47.4 Å². The van der Waals surface area contributed by atoms with Crippen LogP contribution in [0.3, 0.4) is 0 Å². The first-order chi connectivity index (χ1) is 16.9. The molecule has 1 aliphatic heterocycles. The minimum Gasteiger partial charge on any atom is -0.497 e. The zero-order chi connectivity index (χ0) is 24.8. The second-order valence-electron chi connectivity index (χ2n) is 8.52. The Morgan fingerprint density at radius 1 is 1.17 bits per heavy atom. The molecule has 1 saturated heterocycles. The second-order valence-corrected chi connectivity index (χ2v) is 11.6. The number of anilines is 1. The number of benzene rings is 2. The van der Waals surface area contributed by atoms with Crippen LogP contribution in [0, 0.1) is 6.92 Å². The summed E-state index contributed by atoms with van der Waals surface area (Å²) in [5, 5.41) is 0.614. The molecule has 8 nitrogen and oxygen atoms in total. The van der Waals surface area contributed by atoms with Crippen LogP contribution in [0.2, 0.25) is 0 Å². The standard InChI is InChI=1S/C25H31N3O5S2/c1-19-5-3-6-22-24(19)26-25(34-22)28(13-4-12-27-14-16-33-17-15-27)23(29)11-18-35(30,31)21-9-7-20(32-2)8-10-21/h3,5-10H,4,11-18H2,1-2H3. The maximum absolute atomic E-state index is 13.3. The lowest BCUT2D eigenvalue weighted by Gasteiger charge is -2.27. The number of aryl methyl sites for hydroxylation is 1. The number of fused-ring (bicyclic) bond motifs is 1. The van der Waals surface area contributed by atoms with Gasteiger partial charge < -0.3 is 9.47 Å². The first-order valence-corrected chi connectivity index (χ1v) is 14.2. The van der Waals surface area contributed by atoms with Crippen LogP contribution in [0.25, 0.3) is 10.2 Å². The average molecular weight is 518 g/mol. The summed E-state index contributed by atoms with van der Waals surface area (Å²) in [6, 6.07) is 12.2. The molecule has 2 aromatic carbocycles. The smallest absolute Gasteiger partial charge is 0.229 e. The summed E-state index contributed by atoms with van der Waals surface area (Å²) in [6.07, 6.45) is 0.659. The summed E-state index contributed by atoms with van der Waals surface area (Å²) < 4.78 is 37.2. The van der Waals surface area contributed by atoms with E-state index in [9.17, 15) is 13.2 Å². The van der Waals surface area contributed by atoms with Gasteiger partial charge in [0.15, 0.2) is 15.0 Å². The monoisotopic (exact) mass is 517 g/mol. The van der Waals surface area contributed by atoms with Crippen molar-refractivity contribution in [1.82, 2.24) is 9.88 Å². The van der Waals surface area contributed by atoms with Crippen molar-refractivity contribution in [2.24, 2.45) is 0 Å². The maximum atomic E-state index is 13.3. The molecule has 1 amide bonds. The number of sulfone groups is 1. The molecule has 1 aromatic heterocycles. The van der Waals surface area contributed by atoms with Gasteiger partial charge in [0.1, 0.15) is 5.75 Å². The number of thiazole rings is 1. The third-order valence-corrected chi connectivity index (χ3v) is 8.88. The zero-order valence-electron chi connectivity index (χ0n) is 20.1. The lowest BCUT2D eigenvalue weighted by atomic mass is 10.2. The molecule has 3 aromatic rings. The predicted molar refractivity (Wildman–Crippen MR) is 138 cm³/mol. The zero-order valence-corrected chi connectivity index (χ0v) is 21.7. The highest BCUT2D eigenvalue weighted by molar-refractivity contribution is 7.91. The Kier molecular flexibility index (Phi) is 8.38. The van der Waals surface area contributed by atoms with E-state index < -0.39 is 9.84 Å². The summed E-state index contributed by atoms with van der Waals surface area (Å²) in [5.74, 6) is 0.0839. The van der Waals surface area contributed by atoms with Gasteiger partial charge in [0, 0.05) is 32.6 Å². The van der Waals surface area contributed by atoms with Crippen LogP contribution >= 0.6 is 11.3 Å². The van der Waals surface area contributed by atoms with Gasteiger partial charge in [0.25, 0.3) is 0 Å². The fourth-order valence-electron chi connectivity index (χ4n) is 4.05. The van der Waals surface area contributed by atoms with E-state index in [1.807, 2.05) is 25.1 Å². The molecule has 0 unspecified atom stereocenters. The highest BCUT2D eigenvalue weighted by Crippen LogP contribution is 2.31. The Bertz CT molecular complexity index is 1250. The number of amides is 1. The van der Waals surface area contributed by atoms with Crippen LogP contribution in [0.4, 0.5) is 5.13 Å². The van der Waals surface area contributed by atoms with Gasteiger partial charge in [-0.1, -0.05) is 23.5 Å². The van der Waals surface area contributed by atoms with Gasteiger partial charge in [-0.05, 0) is 49.2 Å². The van der Waals surface area contributed by atoms with Crippen molar-refractivity contribution in [3.63, 3.8) is 0 Å². The van der Waals surface area contributed by atoms with E-state index in [-0.39, 0.29) is 23.0 Å². The maximum Gasteiger partial charge on any atom is 0.229 e. The molecule has 0 atom stereocenters. The first-order valence-electron chi connectivity index (χ1n) is 11.7. The number of hydrogen-bond acceptors (Lipinski definition) is 8. The Balaban J connectivity index is 1.48. The van der Waals surface area contributed by atoms with Crippen molar-refractivity contribution >= 4 is 42.4 Å². The van der Waals surface area contributed by atoms with E-state index in [0.717, 1.165) is 55.0 Å². The van der Waals surface area contributed by atoms with E-state index in [2.05, 4.69) is 4.90 Å². The Morgan fingerprint density at radius 3 is 2.60 bits per heavy atom. The van der Waals surface area contributed by atoms with Crippen LogP contribution < -0.4 is 9.64 Å². The summed E-state index contributed by atoms with van der Waals surface area (Å²) in [5.41, 5.74) is 1.93. The minimum absolute atomic E-state index is 0.110. The lowest BCUT2D eigenvalue weighted by molar-refractivity contribution is -0.118. The molecule has 0 radical (unpaired) electrons. The molecule has 0 saturated carbocycles. The Hall–Kier alpha value is -2.53. The van der Waals surface area contributed by atoms with Gasteiger partial charge in [-0.3, -0.25) is 14.6 Å². The van der Waals surface area contributed by atoms with Crippen molar-refractivity contribution in [3.8, 4) is 5.75 Å². The van der Waals surface area contributed by atoms with Gasteiger partial charge >= 0.3 is 0 Å². The van der Waals surface area contributed by atoms with Gasteiger partial charge in [-0.25, -0.2) is 13.4 Å². The van der Waals surface area contributed by atoms with Crippen LogP contribution in [-0.4, -0.2) is 76.5 Å². The van der Waals surface area contributed by atoms with Crippen molar-refractivity contribution in [1.29, 1.82) is 0 Å². The van der Waals surface area contributed by atoms with Crippen molar-refractivity contribution in [2.75, 3.05) is 57.2 Å². The fourth-order valence-corrected chi connectivity index (χ4v) is 6.37. The molecular weight excluding hydrogens is 486 g/mol. The van der Waals surface area contributed by atoms with Crippen molar-refractivity contribution in [3.05, 3.63) is 48.0 Å². The number of hydrogen-bond donors (Lipinski definition) is 0. The molecule has 188 valence electrons. The molecule has 1 aliphatic rings.